The van der Waals surface area contributed by atoms with Crippen LogP contribution >= 0.6 is 0 Å². The molecular weight excluding hydrogens is 236 g/mol. The normalized spacial score (nSPS) is 20.7. The SMILES string of the molecule is CCC(CC(C)C(COC)COC)C1CCCCC1. The summed E-state index contributed by atoms with van der Waals surface area (Å²) in [5, 5.41) is 0. The predicted octanol–water partition coefficient (Wildman–Crippen LogP) is 4.53. The summed E-state index contributed by atoms with van der Waals surface area (Å²) in [5.41, 5.74) is 0. The van der Waals surface area contributed by atoms with Crippen molar-refractivity contribution in [2.75, 3.05) is 27.4 Å². The summed E-state index contributed by atoms with van der Waals surface area (Å²) in [7, 11) is 3.60. The van der Waals surface area contributed by atoms with E-state index in [1.165, 1.54) is 44.9 Å². The van der Waals surface area contributed by atoms with Crippen LogP contribution in [0, 0.1) is 23.7 Å². The summed E-state index contributed by atoms with van der Waals surface area (Å²) in [6.45, 7) is 6.41. The molecule has 2 atom stereocenters. The van der Waals surface area contributed by atoms with E-state index in [0.717, 1.165) is 25.0 Å². The highest BCUT2D eigenvalue weighted by Crippen LogP contribution is 2.36. The van der Waals surface area contributed by atoms with E-state index in [1.54, 1.807) is 14.2 Å². The molecule has 0 amide bonds. The molecule has 2 heteroatoms. The summed E-state index contributed by atoms with van der Waals surface area (Å²) in [4.78, 5) is 0. The van der Waals surface area contributed by atoms with E-state index < -0.39 is 0 Å². The number of ether oxygens (including phenoxy) is 2. The summed E-state index contributed by atoms with van der Waals surface area (Å²) >= 11 is 0. The first-order valence-electron chi connectivity index (χ1n) is 8.20. The van der Waals surface area contributed by atoms with E-state index >= 15 is 0 Å². The van der Waals surface area contributed by atoms with Gasteiger partial charge in [0.2, 0.25) is 0 Å². The minimum Gasteiger partial charge on any atom is -0.384 e. The molecule has 1 aliphatic carbocycles. The van der Waals surface area contributed by atoms with E-state index in [-0.39, 0.29) is 0 Å². The van der Waals surface area contributed by atoms with Gasteiger partial charge in [-0.3, -0.25) is 0 Å². The molecule has 0 aromatic rings. The molecule has 0 spiro atoms. The number of hydrogen-bond donors (Lipinski definition) is 0. The number of hydrogen-bond acceptors (Lipinski definition) is 2. The second kappa shape index (κ2) is 9.77. The molecule has 1 fully saturated rings. The molecule has 0 heterocycles. The summed E-state index contributed by atoms with van der Waals surface area (Å²) in [5.74, 6) is 3.14. The van der Waals surface area contributed by atoms with E-state index in [4.69, 9.17) is 9.47 Å². The van der Waals surface area contributed by atoms with Crippen LogP contribution < -0.4 is 0 Å². The Morgan fingerprint density at radius 2 is 1.58 bits per heavy atom. The third-order valence-corrected chi connectivity index (χ3v) is 5.08. The quantitative estimate of drug-likeness (QED) is 0.613. The van der Waals surface area contributed by atoms with Gasteiger partial charge in [-0.1, -0.05) is 52.4 Å². The average Bonchev–Trinajstić information content (AvgIpc) is 2.45. The van der Waals surface area contributed by atoms with Gasteiger partial charge in [0.05, 0.1) is 13.2 Å². The Morgan fingerprint density at radius 1 is 1.00 bits per heavy atom. The molecule has 2 nitrogen and oxygen atoms in total. The highest BCUT2D eigenvalue weighted by Gasteiger charge is 2.26. The minimum absolute atomic E-state index is 0.549. The lowest BCUT2D eigenvalue weighted by molar-refractivity contribution is 0.0463. The fourth-order valence-electron chi connectivity index (χ4n) is 3.77. The van der Waals surface area contributed by atoms with Gasteiger partial charge < -0.3 is 9.47 Å². The maximum Gasteiger partial charge on any atom is 0.0515 e. The minimum atomic E-state index is 0.549. The highest BCUT2D eigenvalue weighted by atomic mass is 16.5. The van der Waals surface area contributed by atoms with Crippen LogP contribution in [0.25, 0.3) is 0 Å². The topological polar surface area (TPSA) is 18.5 Å². The lowest BCUT2D eigenvalue weighted by atomic mass is 9.73. The summed E-state index contributed by atoms with van der Waals surface area (Å²) in [6.07, 6.45) is 9.97. The van der Waals surface area contributed by atoms with Crippen LogP contribution in [0.1, 0.15) is 58.8 Å². The van der Waals surface area contributed by atoms with Crippen LogP contribution in [0.5, 0.6) is 0 Å². The molecule has 0 bridgehead atoms. The molecule has 2 unspecified atom stereocenters. The van der Waals surface area contributed by atoms with E-state index in [2.05, 4.69) is 13.8 Å². The van der Waals surface area contributed by atoms with Crippen molar-refractivity contribution < 1.29 is 9.47 Å². The molecule has 0 N–H and O–H groups in total. The summed E-state index contributed by atoms with van der Waals surface area (Å²) in [6, 6.07) is 0. The van der Waals surface area contributed by atoms with Crippen molar-refractivity contribution in [1.82, 2.24) is 0 Å². The zero-order valence-corrected chi connectivity index (χ0v) is 13.5. The second-order valence-corrected chi connectivity index (χ2v) is 6.45. The lowest BCUT2D eigenvalue weighted by Gasteiger charge is -2.33. The van der Waals surface area contributed by atoms with Crippen molar-refractivity contribution in [2.45, 2.75) is 58.8 Å². The van der Waals surface area contributed by atoms with Crippen molar-refractivity contribution in [3.8, 4) is 0 Å². The van der Waals surface area contributed by atoms with Gasteiger partial charge >= 0.3 is 0 Å². The lowest BCUT2D eigenvalue weighted by Crippen LogP contribution is -2.27. The third-order valence-electron chi connectivity index (χ3n) is 5.08. The van der Waals surface area contributed by atoms with Crippen molar-refractivity contribution in [2.24, 2.45) is 23.7 Å². The monoisotopic (exact) mass is 270 g/mol. The van der Waals surface area contributed by atoms with Crippen molar-refractivity contribution in [3.63, 3.8) is 0 Å². The second-order valence-electron chi connectivity index (χ2n) is 6.45. The van der Waals surface area contributed by atoms with E-state index in [1.807, 2.05) is 0 Å². The van der Waals surface area contributed by atoms with Crippen molar-refractivity contribution in [3.05, 3.63) is 0 Å². The predicted molar refractivity (Wildman–Crippen MR) is 81.4 cm³/mol. The van der Waals surface area contributed by atoms with Crippen LogP contribution in [-0.2, 0) is 9.47 Å². The molecule has 0 aliphatic heterocycles. The Bertz CT molecular complexity index is 205. The van der Waals surface area contributed by atoms with Crippen LogP contribution in [-0.4, -0.2) is 27.4 Å². The van der Waals surface area contributed by atoms with Crippen LogP contribution in [0.3, 0.4) is 0 Å². The van der Waals surface area contributed by atoms with Gasteiger partial charge in [-0.15, -0.1) is 0 Å². The first-order valence-corrected chi connectivity index (χ1v) is 8.20. The van der Waals surface area contributed by atoms with Gasteiger partial charge in [-0.05, 0) is 24.2 Å². The number of methoxy groups -OCH3 is 2. The first-order chi connectivity index (χ1) is 9.22. The standard InChI is InChI=1S/C17H34O2/c1-5-15(16-9-7-6-8-10-16)11-14(2)17(12-18-3)13-19-4/h14-17H,5-13H2,1-4H3. The largest absolute Gasteiger partial charge is 0.384 e. The Hall–Kier alpha value is -0.0800. The smallest absolute Gasteiger partial charge is 0.0515 e. The van der Waals surface area contributed by atoms with Gasteiger partial charge in [-0.25, -0.2) is 0 Å². The molecule has 114 valence electrons. The van der Waals surface area contributed by atoms with Crippen LogP contribution in [0.2, 0.25) is 0 Å². The van der Waals surface area contributed by atoms with Gasteiger partial charge in [0.15, 0.2) is 0 Å². The molecule has 0 aromatic carbocycles. The fourth-order valence-corrected chi connectivity index (χ4v) is 3.77. The molecule has 1 aliphatic rings. The van der Waals surface area contributed by atoms with Gasteiger partial charge in [0.1, 0.15) is 0 Å². The highest BCUT2D eigenvalue weighted by molar-refractivity contribution is 4.77. The van der Waals surface area contributed by atoms with E-state index in [0.29, 0.717) is 11.8 Å². The molecular formula is C17H34O2. The molecule has 0 radical (unpaired) electrons. The van der Waals surface area contributed by atoms with Crippen LogP contribution in [0.4, 0.5) is 0 Å². The molecule has 0 aromatic heterocycles. The average molecular weight is 270 g/mol. The van der Waals surface area contributed by atoms with E-state index in [9.17, 15) is 0 Å². The Kier molecular flexibility index (Phi) is 8.72. The first kappa shape index (κ1) is 17.0. The van der Waals surface area contributed by atoms with Crippen molar-refractivity contribution >= 4 is 0 Å². The van der Waals surface area contributed by atoms with Gasteiger partial charge in [0.25, 0.3) is 0 Å². The molecule has 1 rings (SSSR count). The third kappa shape index (κ3) is 5.83. The zero-order chi connectivity index (χ0) is 14.1. The Balaban J connectivity index is 2.47. The molecule has 19 heavy (non-hydrogen) atoms. The maximum absolute atomic E-state index is 5.36. The fraction of sp³-hybridized carbons (Fsp3) is 1.00. The summed E-state index contributed by atoms with van der Waals surface area (Å²) < 4.78 is 10.7. The van der Waals surface area contributed by atoms with Gasteiger partial charge in [-0.2, -0.15) is 0 Å². The van der Waals surface area contributed by atoms with Gasteiger partial charge in [0, 0.05) is 20.1 Å². The van der Waals surface area contributed by atoms with Crippen LogP contribution in [0.15, 0.2) is 0 Å². The number of rotatable bonds is 9. The molecule has 0 saturated heterocycles. The van der Waals surface area contributed by atoms with Crippen molar-refractivity contribution in [1.29, 1.82) is 0 Å². The Labute approximate surface area is 120 Å². The maximum atomic E-state index is 5.36. The zero-order valence-electron chi connectivity index (χ0n) is 13.5. The Morgan fingerprint density at radius 3 is 2.05 bits per heavy atom. The molecule has 1 saturated carbocycles.